The Morgan fingerprint density at radius 1 is 1.17 bits per heavy atom. The number of methoxy groups -OCH3 is 1. The molecule has 188 valence electrons. The standard InChI is InChI=1S/C26H29N5O3S2/c1-5-30-23(29-12-10-28(3)11-13-29)20(17(2)21(15-27)24(30)32)14-22-25(33)31(26(35)36-22)16-18-6-8-19(34-4)9-7-18/h6-9,14H,5,10-13,16H2,1-4H3. The summed E-state index contributed by atoms with van der Waals surface area (Å²) in [6, 6.07) is 9.61. The van der Waals surface area contributed by atoms with Gasteiger partial charge in [-0.1, -0.05) is 36.1 Å². The van der Waals surface area contributed by atoms with E-state index in [1.165, 1.54) is 11.8 Å². The third-order valence-corrected chi connectivity index (χ3v) is 7.99. The lowest BCUT2D eigenvalue weighted by atomic mass is 10.0. The van der Waals surface area contributed by atoms with Crippen LogP contribution < -0.4 is 15.2 Å². The second kappa shape index (κ2) is 10.9. The van der Waals surface area contributed by atoms with E-state index >= 15 is 0 Å². The molecule has 10 heteroatoms. The first-order valence-corrected chi connectivity index (χ1v) is 13.0. The second-order valence-corrected chi connectivity index (χ2v) is 10.5. The lowest BCUT2D eigenvalue weighted by Gasteiger charge is -2.36. The molecule has 2 aromatic rings. The van der Waals surface area contributed by atoms with E-state index in [1.807, 2.05) is 37.3 Å². The SMILES string of the molecule is CCn1c(N2CCN(C)CC2)c(C=C2SC(=S)N(Cc3ccc(OC)cc3)C2=O)c(C)c(C#N)c1=O. The van der Waals surface area contributed by atoms with Gasteiger partial charge < -0.3 is 14.5 Å². The van der Waals surface area contributed by atoms with Crippen LogP contribution in [0.5, 0.6) is 5.75 Å². The van der Waals surface area contributed by atoms with Gasteiger partial charge in [0.25, 0.3) is 11.5 Å². The maximum absolute atomic E-state index is 13.4. The number of thiocarbonyl (C=S) groups is 1. The molecule has 0 radical (unpaired) electrons. The smallest absolute Gasteiger partial charge is 0.270 e. The van der Waals surface area contributed by atoms with Gasteiger partial charge in [0.2, 0.25) is 0 Å². The Kier molecular flexibility index (Phi) is 7.83. The van der Waals surface area contributed by atoms with Gasteiger partial charge >= 0.3 is 0 Å². The van der Waals surface area contributed by atoms with E-state index < -0.39 is 0 Å². The molecule has 1 amide bonds. The number of ether oxygens (including phenoxy) is 1. The zero-order chi connectivity index (χ0) is 26.0. The highest BCUT2D eigenvalue weighted by Crippen LogP contribution is 2.36. The largest absolute Gasteiger partial charge is 0.497 e. The van der Waals surface area contributed by atoms with Crippen molar-refractivity contribution in [1.82, 2.24) is 14.4 Å². The highest BCUT2D eigenvalue weighted by Gasteiger charge is 2.33. The number of hydrogen-bond acceptors (Lipinski definition) is 8. The number of carbonyl (C=O) groups excluding carboxylic acids is 1. The van der Waals surface area contributed by atoms with Crippen LogP contribution in [0.25, 0.3) is 6.08 Å². The Labute approximate surface area is 220 Å². The molecule has 2 aliphatic heterocycles. The summed E-state index contributed by atoms with van der Waals surface area (Å²) in [6.07, 6.45) is 1.81. The summed E-state index contributed by atoms with van der Waals surface area (Å²) in [6.45, 7) is 7.68. The summed E-state index contributed by atoms with van der Waals surface area (Å²) in [5.74, 6) is 1.32. The molecule has 2 aliphatic rings. The Balaban J connectivity index is 1.76. The minimum absolute atomic E-state index is 0.106. The highest BCUT2D eigenvalue weighted by atomic mass is 32.2. The number of hydrogen-bond donors (Lipinski definition) is 0. The third-order valence-electron chi connectivity index (χ3n) is 6.61. The summed E-state index contributed by atoms with van der Waals surface area (Å²) >= 11 is 6.81. The Morgan fingerprint density at radius 3 is 2.42 bits per heavy atom. The molecule has 0 unspecified atom stereocenters. The topological polar surface area (TPSA) is 81.8 Å². The molecule has 0 bridgehead atoms. The van der Waals surface area contributed by atoms with Crippen molar-refractivity contribution in [3.63, 3.8) is 0 Å². The molecule has 4 rings (SSSR count). The zero-order valence-corrected chi connectivity index (χ0v) is 22.5. The van der Waals surface area contributed by atoms with Crippen molar-refractivity contribution in [2.75, 3.05) is 45.2 Å². The van der Waals surface area contributed by atoms with Crippen LogP contribution >= 0.6 is 24.0 Å². The van der Waals surface area contributed by atoms with E-state index in [-0.39, 0.29) is 17.0 Å². The van der Waals surface area contributed by atoms with Gasteiger partial charge in [0, 0.05) is 38.3 Å². The number of amides is 1. The van der Waals surface area contributed by atoms with Crippen molar-refractivity contribution in [3.8, 4) is 11.8 Å². The van der Waals surface area contributed by atoms with Crippen LogP contribution in [-0.4, -0.2) is 64.9 Å². The maximum Gasteiger partial charge on any atom is 0.270 e. The molecule has 8 nitrogen and oxygen atoms in total. The fourth-order valence-corrected chi connectivity index (χ4v) is 5.71. The average molecular weight is 524 g/mol. The van der Waals surface area contributed by atoms with Crippen LogP contribution in [0.2, 0.25) is 0 Å². The lowest BCUT2D eigenvalue weighted by molar-refractivity contribution is -0.122. The van der Waals surface area contributed by atoms with Crippen molar-refractivity contribution in [1.29, 1.82) is 5.26 Å². The van der Waals surface area contributed by atoms with Gasteiger partial charge in [-0.15, -0.1) is 0 Å². The van der Waals surface area contributed by atoms with Gasteiger partial charge in [0.05, 0.1) is 18.6 Å². The van der Waals surface area contributed by atoms with Gasteiger partial charge in [0.1, 0.15) is 27.5 Å². The van der Waals surface area contributed by atoms with E-state index in [0.717, 1.165) is 48.9 Å². The molecular formula is C26H29N5O3S2. The van der Waals surface area contributed by atoms with Crippen molar-refractivity contribution in [2.24, 2.45) is 0 Å². The predicted molar refractivity (Wildman–Crippen MR) is 147 cm³/mol. The molecule has 2 fully saturated rings. The fourth-order valence-electron chi connectivity index (χ4n) is 4.48. The minimum Gasteiger partial charge on any atom is -0.497 e. The van der Waals surface area contributed by atoms with Crippen LogP contribution in [0, 0.1) is 18.3 Å². The van der Waals surface area contributed by atoms with E-state index in [0.29, 0.717) is 27.9 Å². The van der Waals surface area contributed by atoms with Crippen molar-refractivity contribution in [3.05, 3.63) is 61.8 Å². The quantitative estimate of drug-likeness (QED) is 0.422. The van der Waals surface area contributed by atoms with Gasteiger partial charge in [-0.25, -0.2) is 0 Å². The Morgan fingerprint density at radius 2 is 1.83 bits per heavy atom. The summed E-state index contributed by atoms with van der Waals surface area (Å²) in [4.78, 5) is 33.1. The number of thioether (sulfide) groups is 1. The molecule has 1 aromatic carbocycles. The average Bonchev–Trinajstić information content (AvgIpc) is 3.14. The monoisotopic (exact) mass is 523 g/mol. The van der Waals surface area contributed by atoms with Crippen LogP contribution in [0.15, 0.2) is 34.0 Å². The van der Waals surface area contributed by atoms with Crippen LogP contribution in [0.3, 0.4) is 0 Å². The predicted octanol–water partition coefficient (Wildman–Crippen LogP) is 3.21. The van der Waals surface area contributed by atoms with Gasteiger partial charge in [-0.2, -0.15) is 5.26 Å². The van der Waals surface area contributed by atoms with Crippen LogP contribution in [0.1, 0.15) is 29.2 Å². The van der Waals surface area contributed by atoms with E-state index in [4.69, 9.17) is 17.0 Å². The Bertz CT molecular complexity index is 1320. The molecule has 3 heterocycles. The molecule has 36 heavy (non-hydrogen) atoms. The molecular weight excluding hydrogens is 494 g/mol. The zero-order valence-electron chi connectivity index (χ0n) is 20.9. The van der Waals surface area contributed by atoms with Gasteiger partial charge in [0.15, 0.2) is 0 Å². The number of aromatic nitrogens is 1. The number of carbonyl (C=O) groups is 1. The molecule has 1 aromatic heterocycles. The number of anilines is 1. The minimum atomic E-state index is -0.296. The number of likely N-dealkylation sites (N-methyl/N-ethyl adjacent to an activating group) is 1. The molecule has 0 spiro atoms. The van der Waals surface area contributed by atoms with Crippen molar-refractivity contribution in [2.45, 2.75) is 26.9 Å². The van der Waals surface area contributed by atoms with Crippen molar-refractivity contribution >= 4 is 46.1 Å². The highest BCUT2D eigenvalue weighted by molar-refractivity contribution is 8.26. The number of rotatable bonds is 6. The van der Waals surface area contributed by atoms with E-state index in [9.17, 15) is 14.9 Å². The van der Waals surface area contributed by atoms with E-state index in [2.05, 4.69) is 22.9 Å². The Hall–Kier alpha value is -3.13. The maximum atomic E-state index is 13.4. The van der Waals surface area contributed by atoms with Crippen molar-refractivity contribution < 1.29 is 9.53 Å². The number of nitrogens with zero attached hydrogens (tertiary/aromatic N) is 5. The molecule has 0 aliphatic carbocycles. The van der Waals surface area contributed by atoms with E-state index in [1.54, 1.807) is 23.5 Å². The van der Waals surface area contributed by atoms with Gasteiger partial charge in [-0.05, 0) is 50.2 Å². The first-order chi connectivity index (χ1) is 17.3. The summed E-state index contributed by atoms with van der Waals surface area (Å²) < 4.78 is 7.35. The fraction of sp³-hybridized carbons (Fsp3) is 0.385. The third kappa shape index (κ3) is 4.91. The summed E-state index contributed by atoms with van der Waals surface area (Å²) in [5.41, 5.74) is 2.06. The normalized spacial score (nSPS) is 17.7. The number of nitriles is 1. The first kappa shape index (κ1) is 25.9. The van der Waals surface area contributed by atoms with Crippen LogP contribution in [0.4, 0.5) is 5.82 Å². The molecule has 0 N–H and O–H groups in total. The number of piperazine rings is 1. The number of benzene rings is 1. The summed E-state index contributed by atoms with van der Waals surface area (Å²) in [7, 11) is 3.68. The van der Waals surface area contributed by atoms with Crippen LogP contribution in [-0.2, 0) is 17.9 Å². The van der Waals surface area contributed by atoms with Gasteiger partial charge in [-0.3, -0.25) is 19.1 Å². The number of pyridine rings is 1. The lowest BCUT2D eigenvalue weighted by Crippen LogP contribution is -2.47. The second-order valence-electron chi connectivity index (χ2n) is 8.80. The first-order valence-electron chi connectivity index (χ1n) is 11.8. The molecule has 0 atom stereocenters. The molecule has 2 saturated heterocycles. The molecule has 0 saturated carbocycles. The summed E-state index contributed by atoms with van der Waals surface area (Å²) in [5, 5.41) is 9.76.